The number of ether oxygens (including phenoxy) is 1. The van der Waals surface area contributed by atoms with E-state index >= 15 is 0 Å². The molecule has 2 saturated heterocycles. The Bertz CT molecular complexity index is 872. The topological polar surface area (TPSA) is 83.2 Å². The smallest absolute Gasteiger partial charge is 0.475 e. The number of piperidine rings is 1. The van der Waals surface area contributed by atoms with Crippen LogP contribution in [0.5, 0.6) is 0 Å². The maximum atomic E-state index is 12.8. The molecule has 1 unspecified atom stereocenters. The van der Waals surface area contributed by atoms with E-state index in [2.05, 4.69) is 4.90 Å². The number of furan rings is 1. The van der Waals surface area contributed by atoms with Crippen LogP contribution < -0.4 is 0 Å². The highest BCUT2D eigenvalue weighted by atomic mass is 19.4. The number of rotatable bonds is 7. The fraction of sp³-hybridized carbons (Fsp3) is 0.750. The number of nitrogens with zero attached hydrogens (tertiary/aromatic N) is 2. The van der Waals surface area contributed by atoms with E-state index < -0.39 is 12.1 Å². The highest BCUT2D eigenvalue weighted by Gasteiger charge is 2.53. The van der Waals surface area contributed by atoms with Crippen molar-refractivity contribution in [2.24, 2.45) is 17.8 Å². The lowest BCUT2D eigenvalue weighted by atomic mass is 9.74. The highest BCUT2D eigenvalue weighted by molar-refractivity contribution is 5.95. The zero-order valence-corrected chi connectivity index (χ0v) is 19.5. The van der Waals surface area contributed by atoms with Gasteiger partial charge in [-0.25, -0.2) is 4.79 Å². The molecule has 190 valence electrons. The van der Waals surface area contributed by atoms with Crippen LogP contribution >= 0.6 is 0 Å². The van der Waals surface area contributed by atoms with Crippen molar-refractivity contribution >= 4 is 11.9 Å². The van der Waals surface area contributed by atoms with Crippen molar-refractivity contribution in [3.8, 4) is 0 Å². The third-order valence-corrected chi connectivity index (χ3v) is 7.32. The van der Waals surface area contributed by atoms with Crippen LogP contribution in [0.3, 0.4) is 0 Å². The standard InChI is InChI=1S/C22H32N2O3.C2HF3O2/c1-16-20(7-9-27-16)21(25)23-14-22(15-23)10-19(13-26-12-18-4-5-18)6-8-24(22)11-17-2-3-17;3-2(4,5)1(6)7/h7,9,17-19H,2-6,8,10-15H2,1H3;(H,6,7). The van der Waals surface area contributed by atoms with Crippen LogP contribution in [0.4, 0.5) is 13.2 Å². The first-order valence-corrected chi connectivity index (χ1v) is 12.0. The van der Waals surface area contributed by atoms with Crippen LogP contribution in [-0.4, -0.2) is 77.9 Å². The molecule has 0 bridgehead atoms. The average Bonchev–Trinajstić information content (AvgIpc) is 3.67. The zero-order valence-electron chi connectivity index (χ0n) is 19.5. The van der Waals surface area contributed by atoms with Crippen molar-refractivity contribution in [3.63, 3.8) is 0 Å². The monoisotopic (exact) mass is 486 g/mol. The maximum absolute atomic E-state index is 12.8. The fourth-order valence-corrected chi connectivity index (χ4v) is 4.98. The van der Waals surface area contributed by atoms with Gasteiger partial charge in [-0.2, -0.15) is 13.2 Å². The van der Waals surface area contributed by atoms with Crippen molar-refractivity contribution in [2.45, 2.75) is 57.2 Å². The summed E-state index contributed by atoms with van der Waals surface area (Å²) in [6.07, 6.45) is 4.44. The molecular weight excluding hydrogens is 453 g/mol. The molecule has 1 aromatic rings. The number of carboxylic acids is 1. The van der Waals surface area contributed by atoms with Crippen molar-refractivity contribution in [2.75, 3.05) is 39.4 Å². The van der Waals surface area contributed by atoms with Crippen molar-refractivity contribution < 1.29 is 37.0 Å². The number of halogens is 3. The molecule has 4 aliphatic rings. The summed E-state index contributed by atoms with van der Waals surface area (Å²) in [7, 11) is 0. The number of aliphatic carboxylic acids is 1. The van der Waals surface area contributed by atoms with Crippen LogP contribution in [0.15, 0.2) is 16.7 Å². The van der Waals surface area contributed by atoms with Crippen molar-refractivity contribution in [1.82, 2.24) is 9.80 Å². The van der Waals surface area contributed by atoms with Gasteiger partial charge in [0, 0.05) is 32.8 Å². The van der Waals surface area contributed by atoms with E-state index in [1.54, 1.807) is 12.3 Å². The summed E-state index contributed by atoms with van der Waals surface area (Å²) >= 11 is 0. The molecule has 7 nitrogen and oxygen atoms in total. The van der Waals surface area contributed by atoms with Crippen LogP contribution in [0, 0.1) is 24.7 Å². The zero-order chi connectivity index (χ0) is 24.5. The number of carbonyl (C=O) groups excluding carboxylic acids is 1. The van der Waals surface area contributed by atoms with Gasteiger partial charge in [-0.3, -0.25) is 9.69 Å². The maximum Gasteiger partial charge on any atom is 0.490 e. The number of alkyl halides is 3. The molecule has 1 spiro atoms. The third kappa shape index (κ3) is 6.13. The number of carboxylic acid groups (broad SMARTS) is 1. The van der Waals surface area contributed by atoms with E-state index in [1.807, 2.05) is 11.8 Å². The minimum Gasteiger partial charge on any atom is -0.475 e. The molecule has 2 aliphatic carbocycles. The van der Waals surface area contributed by atoms with Gasteiger partial charge in [0.2, 0.25) is 0 Å². The molecule has 1 N–H and O–H groups in total. The number of amides is 1. The predicted molar refractivity (Wildman–Crippen MR) is 116 cm³/mol. The SMILES string of the molecule is Cc1occc1C(=O)N1CC2(CC(COCC3CC3)CCN2CC2CC2)C1.O=C(O)C(F)(F)F. The molecular formula is C24H33F3N2O5. The van der Waals surface area contributed by atoms with E-state index in [9.17, 15) is 18.0 Å². The summed E-state index contributed by atoms with van der Waals surface area (Å²) in [4.78, 5) is 26.5. The van der Waals surface area contributed by atoms with Crippen molar-refractivity contribution in [3.05, 3.63) is 23.7 Å². The summed E-state index contributed by atoms with van der Waals surface area (Å²) in [5, 5.41) is 7.12. The quantitative estimate of drug-likeness (QED) is 0.628. The molecule has 34 heavy (non-hydrogen) atoms. The normalized spacial score (nSPS) is 24.4. The van der Waals surface area contributed by atoms with E-state index in [4.69, 9.17) is 19.1 Å². The number of hydrogen-bond donors (Lipinski definition) is 1. The fourth-order valence-electron chi connectivity index (χ4n) is 4.98. The highest BCUT2D eigenvalue weighted by Crippen LogP contribution is 2.43. The number of carbonyl (C=O) groups is 2. The lowest BCUT2D eigenvalue weighted by Crippen LogP contribution is -2.73. The molecule has 3 heterocycles. The number of hydrogen-bond acceptors (Lipinski definition) is 5. The predicted octanol–water partition coefficient (Wildman–Crippen LogP) is 3.96. The summed E-state index contributed by atoms with van der Waals surface area (Å²) < 4.78 is 43.1. The van der Waals surface area contributed by atoms with Crippen LogP contribution in [0.25, 0.3) is 0 Å². The van der Waals surface area contributed by atoms with Crippen LogP contribution in [0.1, 0.15) is 54.6 Å². The van der Waals surface area contributed by atoms with Gasteiger partial charge >= 0.3 is 12.1 Å². The molecule has 1 atom stereocenters. The molecule has 0 radical (unpaired) electrons. The molecule has 4 fully saturated rings. The lowest BCUT2D eigenvalue weighted by Gasteiger charge is -2.59. The summed E-state index contributed by atoms with van der Waals surface area (Å²) in [6, 6.07) is 1.81. The molecule has 5 rings (SSSR count). The summed E-state index contributed by atoms with van der Waals surface area (Å²) in [5.74, 6) is 0.477. The molecule has 0 aromatic carbocycles. The molecule has 2 saturated carbocycles. The van der Waals surface area contributed by atoms with Crippen molar-refractivity contribution in [1.29, 1.82) is 0 Å². The largest absolute Gasteiger partial charge is 0.490 e. The third-order valence-electron chi connectivity index (χ3n) is 7.32. The second kappa shape index (κ2) is 9.89. The Balaban J connectivity index is 0.000000344. The Morgan fingerprint density at radius 2 is 1.74 bits per heavy atom. The Hall–Kier alpha value is -2.07. The van der Waals surface area contributed by atoms with E-state index in [1.165, 1.54) is 51.6 Å². The minimum absolute atomic E-state index is 0.130. The molecule has 1 aromatic heterocycles. The van der Waals surface area contributed by atoms with E-state index in [0.717, 1.165) is 49.5 Å². The second-order valence-electron chi connectivity index (χ2n) is 10.3. The van der Waals surface area contributed by atoms with Gasteiger partial charge in [-0.15, -0.1) is 0 Å². The first kappa shape index (κ1) is 25.0. The Labute approximate surface area is 197 Å². The second-order valence-corrected chi connectivity index (χ2v) is 10.3. The first-order valence-electron chi connectivity index (χ1n) is 12.0. The average molecular weight is 487 g/mol. The Kier molecular flexibility index (Phi) is 7.28. The summed E-state index contributed by atoms with van der Waals surface area (Å²) in [5.41, 5.74) is 0.903. The number of aryl methyl sites for hydroxylation is 1. The van der Waals surface area contributed by atoms with E-state index in [0.29, 0.717) is 5.92 Å². The van der Waals surface area contributed by atoms with Gasteiger partial charge in [0.1, 0.15) is 5.76 Å². The van der Waals surface area contributed by atoms with Gasteiger partial charge in [-0.1, -0.05) is 0 Å². The van der Waals surface area contributed by atoms with Gasteiger partial charge in [0.05, 0.1) is 17.4 Å². The number of likely N-dealkylation sites (tertiary alicyclic amines) is 2. The van der Waals surface area contributed by atoms with Gasteiger partial charge in [0.25, 0.3) is 5.91 Å². The van der Waals surface area contributed by atoms with Crippen LogP contribution in [-0.2, 0) is 9.53 Å². The minimum atomic E-state index is -5.08. The Morgan fingerprint density at radius 3 is 2.26 bits per heavy atom. The lowest BCUT2D eigenvalue weighted by molar-refractivity contribution is -0.192. The summed E-state index contributed by atoms with van der Waals surface area (Å²) in [6.45, 7) is 7.85. The van der Waals surface area contributed by atoms with Gasteiger partial charge in [-0.05, 0) is 75.8 Å². The van der Waals surface area contributed by atoms with Crippen LogP contribution in [0.2, 0.25) is 0 Å². The molecule has 1 amide bonds. The van der Waals surface area contributed by atoms with E-state index in [-0.39, 0.29) is 11.4 Å². The Morgan fingerprint density at radius 1 is 1.12 bits per heavy atom. The molecule has 10 heteroatoms. The van der Waals surface area contributed by atoms with Gasteiger partial charge < -0.3 is 19.2 Å². The van der Waals surface area contributed by atoms with Gasteiger partial charge in [0.15, 0.2) is 0 Å². The first-order chi connectivity index (χ1) is 16.1. The molecule has 2 aliphatic heterocycles.